The van der Waals surface area contributed by atoms with Gasteiger partial charge < -0.3 is 5.32 Å². The van der Waals surface area contributed by atoms with Crippen LogP contribution in [0.2, 0.25) is 0 Å². The maximum atomic E-state index is 13.7. The summed E-state index contributed by atoms with van der Waals surface area (Å²) in [5.41, 5.74) is -0.144. The van der Waals surface area contributed by atoms with E-state index < -0.39 is 6.17 Å². The third-order valence-electron chi connectivity index (χ3n) is 5.71. The molecule has 0 aromatic heterocycles. The molecule has 0 radical (unpaired) electrons. The van der Waals surface area contributed by atoms with E-state index in [4.69, 9.17) is 11.6 Å². The van der Waals surface area contributed by atoms with Crippen molar-refractivity contribution in [1.82, 2.24) is 10.6 Å². The van der Waals surface area contributed by atoms with Crippen LogP contribution in [0.1, 0.15) is 32.1 Å². The first-order valence-corrected chi connectivity index (χ1v) is 9.50. The number of carbonyl (C=O) groups is 1. The summed E-state index contributed by atoms with van der Waals surface area (Å²) in [5, 5.41) is 6.92. The van der Waals surface area contributed by atoms with Crippen LogP contribution in [0, 0.1) is 17.8 Å². The summed E-state index contributed by atoms with van der Waals surface area (Å²) >= 11 is 8.33. The van der Waals surface area contributed by atoms with E-state index in [0.717, 1.165) is 12.8 Å². The highest BCUT2D eigenvalue weighted by Gasteiger charge is 2.55. The van der Waals surface area contributed by atoms with E-state index in [2.05, 4.69) is 10.6 Å². The molecule has 4 aliphatic rings. The van der Waals surface area contributed by atoms with Crippen molar-refractivity contribution >= 4 is 29.1 Å². The van der Waals surface area contributed by atoms with Crippen LogP contribution in [0.4, 0.5) is 4.39 Å². The Morgan fingerprint density at radius 2 is 2.10 bits per heavy atom. The Morgan fingerprint density at radius 1 is 1.29 bits per heavy atom. The van der Waals surface area contributed by atoms with Crippen LogP contribution in [-0.2, 0) is 4.79 Å². The summed E-state index contributed by atoms with van der Waals surface area (Å²) in [6.07, 6.45) is 4.16. The maximum Gasteiger partial charge on any atom is 0.143 e. The number of Topliss-reactive ketones (excluding diaryl/α,β-unsaturated/α-hetero) is 1. The van der Waals surface area contributed by atoms with Crippen LogP contribution < -0.4 is 10.6 Å². The quantitative estimate of drug-likeness (QED) is 0.527. The molecule has 0 spiro atoms. The van der Waals surface area contributed by atoms with Gasteiger partial charge in [0.05, 0.1) is 10.9 Å². The van der Waals surface area contributed by atoms with Gasteiger partial charge in [-0.05, 0) is 25.2 Å². The van der Waals surface area contributed by atoms with Crippen molar-refractivity contribution < 1.29 is 9.18 Å². The Hall–Kier alpha value is 0.160. The largest absolute Gasteiger partial charge is 0.302 e. The molecule has 1 saturated carbocycles. The zero-order valence-corrected chi connectivity index (χ0v) is 13.5. The Balaban J connectivity index is 1.62. The predicted octanol–water partition coefficient (Wildman–Crippen LogP) is 2.29. The number of piperidine rings is 2. The van der Waals surface area contributed by atoms with Gasteiger partial charge in [-0.3, -0.25) is 10.1 Å². The lowest BCUT2D eigenvalue weighted by atomic mass is 9.68. The molecule has 2 N–H and O–H groups in total. The highest BCUT2D eigenvalue weighted by Crippen LogP contribution is 2.50. The molecule has 6 heteroatoms. The molecule has 21 heavy (non-hydrogen) atoms. The number of fused-ring (bicyclic) bond motifs is 4. The fourth-order valence-corrected chi connectivity index (χ4v) is 6.93. The summed E-state index contributed by atoms with van der Waals surface area (Å²) < 4.78 is 13.7. The molecule has 8 atom stereocenters. The second kappa shape index (κ2) is 5.66. The minimum absolute atomic E-state index is 0.0254. The lowest BCUT2D eigenvalue weighted by Gasteiger charge is -2.53. The number of ketones is 1. The van der Waals surface area contributed by atoms with Gasteiger partial charge in [-0.25, -0.2) is 4.39 Å². The average Bonchev–Trinajstić information content (AvgIpc) is 2.48. The van der Waals surface area contributed by atoms with Crippen LogP contribution in [0.25, 0.3) is 0 Å². The van der Waals surface area contributed by atoms with E-state index in [-0.39, 0.29) is 33.7 Å². The molecule has 0 bridgehead atoms. The van der Waals surface area contributed by atoms with Crippen molar-refractivity contribution in [3.63, 3.8) is 0 Å². The summed E-state index contributed by atoms with van der Waals surface area (Å²) in [4.78, 5) is 13.0. The van der Waals surface area contributed by atoms with Crippen molar-refractivity contribution in [2.45, 2.75) is 60.4 Å². The fraction of sp³-hybridized carbons (Fsp3) is 0.933. The summed E-state index contributed by atoms with van der Waals surface area (Å²) in [6.45, 7) is 0.366. The second-order valence-corrected chi connectivity index (χ2v) is 8.71. The van der Waals surface area contributed by atoms with E-state index in [1.165, 1.54) is 12.8 Å². The number of hydrogen-bond acceptors (Lipinski definition) is 4. The molecule has 0 aromatic carbocycles. The van der Waals surface area contributed by atoms with Crippen molar-refractivity contribution in [1.29, 1.82) is 0 Å². The predicted molar refractivity (Wildman–Crippen MR) is 83.2 cm³/mol. The summed E-state index contributed by atoms with van der Waals surface area (Å²) in [5.74, 6) is 0.546. The fourth-order valence-electron chi connectivity index (χ4n) is 4.74. The minimum Gasteiger partial charge on any atom is -0.302 e. The third kappa shape index (κ3) is 2.44. The van der Waals surface area contributed by atoms with E-state index in [1.807, 2.05) is 0 Å². The van der Waals surface area contributed by atoms with E-state index in [0.29, 0.717) is 24.9 Å². The normalized spacial score (nSPS) is 53.5. The Kier molecular flexibility index (Phi) is 3.97. The molecular formula is C15H22ClFN2OS. The van der Waals surface area contributed by atoms with Crippen molar-refractivity contribution in [3.8, 4) is 0 Å². The standard InChI is InChI=1S/C15H22ClFN2OS/c16-14-13-11(8-3-1-2-4-10(8)19-14)12(20)9-5-7(17)6-18-15(9)21-13/h7-11,13-15,18-19H,1-6H2. The molecule has 8 unspecified atom stereocenters. The molecule has 4 rings (SSSR count). The smallest absolute Gasteiger partial charge is 0.143 e. The Labute approximate surface area is 134 Å². The van der Waals surface area contributed by atoms with Gasteiger partial charge >= 0.3 is 0 Å². The number of carbonyl (C=O) groups excluding carboxylic acids is 1. The van der Waals surface area contributed by atoms with E-state index in [9.17, 15) is 9.18 Å². The third-order valence-corrected chi connectivity index (χ3v) is 7.92. The lowest BCUT2D eigenvalue weighted by molar-refractivity contribution is -0.133. The van der Waals surface area contributed by atoms with Gasteiger partial charge in [0.25, 0.3) is 0 Å². The molecule has 3 aliphatic heterocycles. The number of halogens is 2. The zero-order valence-electron chi connectivity index (χ0n) is 11.9. The molecule has 3 heterocycles. The Morgan fingerprint density at radius 3 is 2.95 bits per heavy atom. The first-order chi connectivity index (χ1) is 10.1. The average molecular weight is 333 g/mol. The Bertz CT molecular complexity index is 440. The SMILES string of the molecule is O=C1C2CC(F)CNC2SC2C(Cl)NC3CCCCC3C12. The number of alkyl halides is 2. The second-order valence-electron chi connectivity index (χ2n) is 6.92. The number of hydrogen-bond donors (Lipinski definition) is 2. The first kappa shape index (κ1) is 14.7. The molecule has 4 fully saturated rings. The van der Waals surface area contributed by atoms with Gasteiger partial charge in [0.2, 0.25) is 0 Å². The molecule has 0 amide bonds. The summed E-state index contributed by atoms with van der Waals surface area (Å²) in [7, 11) is 0. The monoisotopic (exact) mass is 332 g/mol. The van der Waals surface area contributed by atoms with Crippen LogP contribution in [0.5, 0.6) is 0 Å². The molecule has 3 saturated heterocycles. The molecule has 1 aliphatic carbocycles. The van der Waals surface area contributed by atoms with Gasteiger partial charge in [0.15, 0.2) is 0 Å². The van der Waals surface area contributed by atoms with Crippen LogP contribution in [0.15, 0.2) is 0 Å². The maximum absolute atomic E-state index is 13.7. The van der Waals surface area contributed by atoms with E-state index in [1.54, 1.807) is 11.8 Å². The van der Waals surface area contributed by atoms with Gasteiger partial charge in [-0.2, -0.15) is 0 Å². The molecule has 118 valence electrons. The zero-order chi connectivity index (χ0) is 14.6. The van der Waals surface area contributed by atoms with Crippen LogP contribution >= 0.6 is 23.4 Å². The topological polar surface area (TPSA) is 41.1 Å². The number of thioether (sulfide) groups is 1. The molecular weight excluding hydrogens is 311 g/mol. The van der Waals surface area contributed by atoms with Gasteiger partial charge in [-0.15, -0.1) is 23.4 Å². The van der Waals surface area contributed by atoms with Crippen LogP contribution in [-0.4, -0.2) is 40.7 Å². The van der Waals surface area contributed by atoms with Crippen LogP contribution in [0.3, 0.4) is 0 Å². The number of nitrogens with one attached hydrogen (secondary N) is 2. The summed E-state index contributed by atoms with van der Waals surface area (Å²) in [6, 6.07) is 0.376. The van der Waals surface area contributed by atoms with Crippen molar-refractivity contribution in [2.24, 2.45) is 17.8 Å². The van der Waals surface area contributed by atoms with Crippen molar-refractivity contribution in [3.05, 3.63) is 0 Å². The minimum atomic E-state index is -0.886. The molecule has 0 aromatic rings. The van der Waals surface area contributed by atoms with Gasteiger partial charge in [-0.1, -0.05) is 12.8 Å². The van der Waals surface area contributed by atoms with Gasteiger partial charge in [0, 0.05) is 29.7 Å². The highest BCUT2D eigenvalue weighted by molar-refractivity contribution is 8.00. The van der Waals surface area contributed by atoms with E-state index >= 15 is 0 Å². The molecule has 3 nitrogen and oxygen atoms in total. The lowest BCUT2D eigenvalue weighted by Crippen LogP contribution is -2.65. The number of rotatable bonds is 0. The van der Waals surface area contributed by atoms with Crippen molar-refractivity contribution in [2.75, 3.05) is 6.54 Å². The van der Waals surface area contributed by atoms with Gasteiger partial charge in [0.1, 0.15) is 12.0 Å². The highest BCUT2D eigenvalue weighted by atomic mass is 35.5. The first-order valence-electron chi connectivity index (χ1n) is 8.12.